The molecule has 0 unspecified atom stereocenters. The summed E-state index contributed by atoms with van der Waals surface area (Å²) in [4.78, 5) is 20.4. The van der Waals surface area contributed by atoms with Crippen molar-refractivity contribution in [1.29, 1.82) is 0 Å². The van der Waals surface area contributed by atoms with Crippen LogP contribution in [0.2, 0.25) is 0 Å². The third kappa shape index (κ3) is 7.85. The van der Waals surface area contributed by atoms with E-state index in [2.05, 4.69) is 275 Å². The van der Waals surface area contributed by atoms with Gasteiger partial charge in [-0.3, -0.25) is 0 Å². The van der Waals surface area contributed by atoms with Gasteiger partial charge in [0.05, 0.1) is 16.7 Å². The van der Waals surface area contributed by atoms with E-state index in [0.717, 1.165) is 67.0 Å². The fraction of sp³-hybridized carbons (Fsp3) is 0. The van der Waals surface area contributed by atoms with Gasteiger partial charge < -0.3 is 14.4 Å². The molecule has 0 fully saturated rings. The SMILES string of the molecule is c1ccc(-c2ccc3c(c2)c2ccccc2n3-c2ccc(-c3nc(-c4ccccc4)nc(-c4ccccc4)n3)cc2-c2cccc(-c3cccc(N4c5ccccc5B5c6ccccc6N(c6ccccc6)c6cccc4c65)c3)c2)cc1. The lowest BCUT2D eigenvalue weighted by atomic mass is 9.33. The number of hydrogen-bond acceptors (Lipinski definition) is 5. The highest BCUT2D eigenvalue weighted by atomic mass is 15.2. The quantitative estimate of drug-likeness (QED) is 0.135. The lowest BCUT2D eigenvalue weighted by Crippen LogP contribution is -2.61. The molecule has 7 heteroatoms. The highest BCUT2D eigenvalue weighted by Crippen LogP contribution is 2.46. The molecule has 382 valence electrons. The maximum atomic E-state index is 5.23. The molecule has 0 saturated carbocycles. The van der Waals surface area contributed by atoms with Crippen molar-refractivity contribution in [3.05, 3.63) is 297 Å². The Labute approximate surface area is 476 Å². The van der Waals surface area contributed by atoms with Crippen LogP contribution in [0.25, 0.3) is 95.0 Å². The first-order chi connectivity index (χ1) is 40.7. The molecule has 0 aliphatic carbocycles. The van der Waals surface area contributed by atoms with Crippen LogP contribution in [0.4, 0.5) is 34.1 Å². The number of rotatable bonds is 9. The van der Waals surface area contributed by atoms with Crippen LogP contribution in [0.1, 0.15) is 0 Å². The standard InChI is InChI=1S/C75H49BN6/c1-5-22-50(23-6-1)55-42-44-67-62(48-55)60-34-13-16-37-65(60)82(67)66-45-43-57(75-78-73(51-24-7-2-8-25-51)77-74(79-75)52-26-9-3-10-27-52)49-61(66)56-30-19-28-53(46-56)54-29-20-33-59(47-54)81-69-39-18-15-36-64(69)76-63-35-14-17-38-68(63)80(58-31-11-4-12-32-58)70-40-21-41-71(81)72(70)76/h1-49H. The number of nitrogens with zero attached hydrogens (tertiary/aromatic N) is 6. The van der Waals surface area contributed by atoms with Gasteiger partial charge in [-0.25, -0.2) is 15.0 Å². The van der Waals surface area contributed by atoms with Gasteiger partial charge in [-0.2, -0.15) is 0 Å². The van der Waals surface area contributed by atoms with Gasteiger partial charge in [-0.1, -0.05) is 206 Å². The summed E-state index contributed by atoms with van der Waals surface area (Å²) in [5.74, 6) is 1.84. The number of benzene rings is 12. The molecule has 2 aliphatic heterocycles. The first-order valence-electron chi connectivity index (χ1n) is 28.0. The second kappa shape index (κ2) is 19.5. The van der Waals surface area contributed by atoms with Crippen LogP contribution in [0.15, 0.2) is 297 Å². The zero-order chi connectivity index (χ0) is 54.1. The van der Waals surface area contributed by atoms with Crippen molar-refractivity contribution in [2.45, 2.75) is 0 Å². The molecule has 0 amide bonds. The minimum atomic E-state index is 0.0625. The van der Waals surface area contributed by atoms with Gasteiger partial charge in [0.25, 0.3) is 6.71 Å². The molecule has 0 bridgehead atoms. The molecule has 2 aliphatic rings. The van der Waals surface area contributed by atoms with E-state index < -0.39 is 0 Å². The van der Waals surface area contributed by atoms with E-state index in [0.29, 0.717) is 17.5 Å². The predicted octanol–water partition coefficient (Wildman–Crippen LogP) is 17.1. The molecule has 12 aromatic carbocycles. The maximum Gasteiger partial charge on any atom is 0.252 e. The Morgan fingerprint density at radius 1 is 0.256 bits per heavy atom. The first-order valence-corrected chi connectivity index (χ1v) is 28.0. The van der Waals surface area contributed by atoms with Crippen molar-refractivity contribution >= 4 is 79.0 Å². The zero-order valence-electron chi connectivity index (χ0n) is 44.6. The molecule has 0 spiro atoms. The molecule has 16 rings (SSSR count). The molecular weight excluding hydrogens is 996 g/mol. The van der Waals surface area contributed by atoms with E-state index >= 15 is 0 Å². The van der Waals surface area contributed by atoms with Gasteiger partial charge in [-0.05, 0) is 135 Å². The largest absolute Gasteiger partial charge is 0.311 e. The van der Waals surface area contributed by atoms with Gasteiger partial charge in [-0.15, -0.1) is 0 Å². The van der Waals surface area contributed by atoms with Crippen molar-refractivity contribution in [1.82, 2.24) is 19.5 Å². The third-order valence-corrected chi connectivity index (χ3v) is 16.4. The van der Waals surface area contributed by atoms with Crippen LogP contribution >= 0.6 is 0 Å². The fourth-order valence-corrected chi connectivity index (χ4v) is 12.7. The minimum Gasteiger partial charge on any atom is -0.311 e. The van der Waals surface area contributed by atoms with Crippen molar-refractivity contribution in [2.75, 3.05) is 9.80 Å². The average molecular weight is 1050 g/mol. The number of anilines is 6. The average Bonchev–Trinajstić information content (AvgIpc) is 3.51. The van der Waals surface area contributed by atoms with E-state index in [-0.39, 0.29) is 6.71 Å². The van der Waals surface area contributed by atoms with Crippen molar-refractivity contribution in [3.63, 3.8) is 0 Å². The monoisotopic (exact) mass is 1040 g/mol. The Hall–Kier alpha value is -10.9. The summed E-state index contributed by atoms with van der Waals surface area (Å²) in [7, 11) is 0. The lowest BCUT2D eigenvalue weighted by molar-refractivity contribution is 1.07. The Morgan fingerprint density at radius 2 is 0.707 bits per heavy atom. The Morgan fingerprint density at radius 3 is 1.38 bits per heavy atom. The van der Waals surface area contributed by atoms with E-state index in [9.17, 15) is 0 Å². The van der Waals surface area contributed by atoms with Crippen LogP contribution in [0.3, 0.4) is 0 Å². The normalized spacial score (nSPS) is 12.3. The molecule has 0 saturated heterocycles. The van der Waals surface area contributed by atoms with Crippen molar-refractivity contribution in [3.8, 4) is 73.2 Å². The van der Waals surface area contributed by atoms with Gasteiger partial charge >= 0.3 is 0 Å². The Balaban J connectivity index is 0.870. The molecular formula is C75H49BN6. The molecule has 6 nitrogen and oxygen atoms in total. The topological polar surface area (TPSA) is 50.1 Å². The molecule has 0 radical (unpaired) electrons. The highest BCUT2D eigenvalue weighted by Gasteiger charge is 2.42. The van der Waals surface area contributed by atoms with Crippen LogP contribution in [0, 0.1) is 0 Å². The highest BCUT2D eigenvalue weighted by molar-refractivity contribution is 7.00. The lowest BCUT2D eigenvalue weighted by Gasteiger charge is -2.44. The van der Waals surface area contributed by atoms with Crippen molar-refractivity contribution < 1.29 is 0 Å². The summed E-state index contributed by atoms with van der Waals surface area (Å²) in [6.45, 7) is 0.0625. The smallest absolute Gasteiger partial charge is 0.252 e. The van der Waals surface area contributed by atoms with E-state index in [4.69, 9.17) is 15.0 Å². The van der Waals surface area contributed by atoms with Gasteiger partial charge in [0.1, 0.15) is 0 Å². The summed E-state index contributed by atoms with van der Waals surface area (Å²) in [6.07, 6.45) is 0. The van der Waals surface area contributed by atoms with Crippen LogP contribution in [0.5, 0.6) is 0 Å². The molecule has 0 atom stereocenters. The molecule has 14 aromatic rings. The zero-order valence-corrected chi connectivity index (χ0v) is 44.6. The van der Waals surface area contributed by atoms with Gasteiger partial charge in [0, 0.05) is 67.2 Å². The second-order valence-corrected chi connectivity index (χ2v) is 21.1. The maximum absolute atomic E-state index is 5.23. The first kappa shape index (κ1) is 47.1. The fourth-order valence-electron chi connectivity index (χ4n) is 12.7. The Kier molecular flexibility index (Phi) is 11.2. The number of fused-ring (bicyclic) bond motifs is 7. The Bertz CT molecular complexity index is 4710. The van der Waals surface area contributed by atoms with Crippen LogP contribution in [-0.4, -0.2) is 26.2 Å². The van der Waals surface area contributed by atoms with Crippen LogP contribution < -0.4 is 26.2 Å². The minimum absolute atomic E-state index is 0.0625. The number of para-hydroxylation sites is 4. The van der Waals surface area contributed by atoms with Crippen molar-refractivity contribution in [2.24, 2.45) is 0 Å². The second-order valence-electron chi connectivity index (χ2n) is 21.1. The number of hydrogen-bond donors (Lipinski definition) is 0. The predicted molar refractivity (Wildman–Crippen MR) is 341 cm³/mol. The summed E-state index contributed by atoms with van der Waals surface area (Å²) in [5, 5.41) is 2.38. The summed E-state index contributed by atoms with van der Waals surface area (Å²) in [6, 6.07) is 107. The third-order valence-electron chi connectivity index (χ3n) is 16.4. The summed E-state index contributed by atoms with van der Waals surface area (Å²) in [5.41, 5.74) is 23.6. The summed E-state index contributed by atoms with van der Waals surface area (Å²) >= 11 is 0. The van der Waals surface area contributed by atoms with E-state index in [1.54, 1.807) is 0 Å². The molecule has 2 aromatic heterocycles. The molecule has 4 heterocycles. The molecule has 0 N–H and O–H groups in total. The van der Waals surface area contributed by atoms with E-state index in [1.165, 1.54) is 61.0 Å². The number of aromatic nitrogens is 4. The van der Waals surface area contributed by atoms with Gasteiger partial charge in [0.15, 0.2) is 17.5 Å². The van der Waals surface area contributed by atoms with Crippen LogP contribution in [-0.2, 0) is 0 Å². The molecule has 82 heavy (non-hydrogen) atoms. The van der Waals surface area contributed by atoms with E-state index in [1.807, 2.05) is 36.4 Å². The summed E-state index contributed by atoms with van der Waals surface area (Å²) < 4.78 is 2.43. The van der Waals surface area contributed by atoms with Gasteiger partial charge in [0.2, 0.25) is 0 Å².